The van der Waals surface area contributed by atoms with Gasteiger partial charge < -0.3 is 11.6 Å². The zero-order valence-corrected chi connectivity index (χ0v) is 6.36. The molecule has 2 unspecified atom stereocenters. The zero-order valence-electron chi connectivity index (χ0n) is 6.36. The summed E-state index contributed by atoms with van der Waals surface area (Å²) in [6.45, 7) is 2.16. The van der Waals surface area contributed by atoms with Crippen LogP contribution in [-0.2, 0) is 0 Å². The van der Waals surface area contributed by atoms with E-state index in [1.54, 1.807) is 0 Å². The van der Waals surface area contributed by atoms with Crippen molar-refractivity contribution >= 4 is 5.95 Å². The average molecular weight is 153 g/mol. The third-order valence-electron chi connectivity index (χ3n) is 2.19. The number of hydrogen-bond acceptors (Lipinski definition) is 4. The van der Waals surface area contributed by atoms with Gasteiger partial charge in [-0.3, -0.25) is 0 Å². The van der Waals surface area contributed by atoms with Crippen LogP contribution in [0.1, 0.15) is 25.1 Å². The molecule has 11 heavy (non-hydrogen) atoms. The van der Waals surface area contributed by atoms with E-state index in [1.165, 1.54) is 4.68 Å². The van der Waals surface area contributed by atoms with Gasteiger partial charge in [-0.25, -0.2) is 4.68 Å². The molecule has 1 aromatic heterocycles. The molecule has 0 spiro atoms. The average Bonchev–Trinajstić information content (AvgIpc) is 2.58. The van der Waals surface area contributed by atoms with Crippen molar-refractivity contribution in [3.05, 3.63) is 5.82 Å². The van der Waals surface area contributed by atoms with Gasteiger partial charge in [0, 0.05) is 5.92 Å². The predicted molar refractivity (Wildman–Crippen MR) is 41.1 cm³/mol. The number of nitrogens with two attached hydrogens (primary N) is 2. The molecule has 1 saturated carbocycles. The van der Waals surface area contributed by atoms with Gasteiger partial charge in [0.25, 0.3) is 0 Å². The van der Waals surface area contributed by atoms with Gasteiger partial charge in [-0.2, -0.15) is 0 Å². The second-order valence-electron chi connectivity index (χ2n) is 3.11. The molecule has 1 aromatic rings. The fourth-order valence-corrected chi connectivity index (χ4v) is 1.25. The van der Waals surface area contributed by atoms with Gasteiger partial charge in [-0.15, -0.1) is 10.2 Å². The van der Waals surface area contributed by atoms with Crippen molar-refractivity contribution in [2.24, 2.45) is 5.92 Å². The number of hydrogen-bond donors (Lipinski definition) is 2. The van der Waals surface area contributed by atoms with E-state index in [-0.39, 0.29) is 0 Å². The maximum absolute atomic E-state index is 5.57. The van der Waals surface area contributed by atoms with Crippen molar-refractivity contribution in [2.45, 2.75) is 19.3 Å². The number of nitrogen functional groups attached to an aromatic ring is 2. The van der Waals surface area contributed by atoms with Crippen LogP contribution in [0.25, 0.3) is 0 Å². The Morgan fingerprint density at radius 3 is 2.55 bits per heavy atom. The van der Waals surface area contributed by atoms with Crippen LogP contribution >= 0.6 is 0 Å². The molecule has 4 N–H and O–H groups in total. The fourth-order valence-electron chi connectivity index (χ4n) is 1.25. The van der Waals surface area contributed by atoms with Crippen molar-refractivity contribution in [3.8, 4) is 0 Å². The quantitative estimate of drug-likeness (QED) is 0.542. The van der Waals surface area contributed by atoms with E-state index in [1.807, 2.05) is 0 Å². The first kappa shape index (κ1) is 6.45. The molecule has 2 rings (SSSR count). The van der Waals surface area contributed by atoms with Crippen LogP contribution in [0.3, 0.4) is 0 Å². The van der Waals surface area contributed by atoms with Crippen molar-refractivity contribution in [1.29, 1.82) is 0 Å². The van der Waals surface area contributed by atoms with Crippen molar-refractivity contribution < 1.29 is 0 Å². The molecule has 0 bridgehead atoms. The normalized spacial score (nSPS) is 28.8. The fraction of sp³-hybridized carbons (Fsp3) is 0.667. The standard InChI is InChI=1S/C6H11N5/c1-3-2-4(3)5-9-10-6(7)11(5)8/h3-4H,2,8H2,1H3,(H2,7,10). The van der Waals surface area contributed by atoms with Gasteiger partial charge in [0.2, 0.25) is 5.95 Å². The van der Waals surface area contributed by atoms with Crippen LogP contribution < -0.4 is 11.6 Å². The molecule has 1 aliphatic carbocycles. The summed E-state index contributed by atoms with van der Waals surface area (Å²) in [5.41, 5.74) is 5.42. The molecular formula is C6H11N5. The van der Waals surface area contributed by atoms with E-state index in [2.05, 4.69) is 17.1 Å². The highest BCUT2D eigenvalue weighted by molar-refractivity contribution is 5.22. The van der Waals surface area contributed by atoms with E-state index in [4.69, 9.17) is 11.6 Å². The van der Waals surface area contributed by atoms with E-state index in [9.17, 15) is 0 Å². The summed E-state index contributed by atoms with van der Waals surface area (Å²) in [6.07, 6.45) is 1.15. The summed E-state index contributed by atoms with van der Waals surface area (Å²) in [5, 5.41) is 7.57. The zero-order chi connectivity index (χ0) is 8.01. The Bertz CT molecular complexity index is 279. The minimum atomic E-state index is 0.291. The third-order valence-corrected chi connectivity index (χ3v) is 2.19. The van der Waals surface area contributed by atoms with E-state index in [0.29, 0.717) is 17.8 Å². The largest absolute Gasteiger partial charge is 0.366 e. The molecule has 0 aliphatic heterocycles. The predicted octanol–water partition coefficient (Wildman–Crippen LogP) is -0.302. The van der Waals surface area contributed by atoms with Gasteiger partial charge in [0.1, 0.15) is 0 Å². The second-order valence-corrected chi connectivity index (χ2v) is 3.11. The van der Waals surface area contributed by atoms with E-state index >= 15 is 0 Å². The monoisotopic (exact) mass is 153 g/mol. The van der Waals surface area contributed by atoms with E-state index < -0.39 is 0 Å². The van der Waals surface area contributed by atoms with Crippen LogP contribution in [0.15, 0.2) is 0 Å². The smallest absolute Gasteiger partial charge is 0.240 e. The number of rotatable bonds is 1. The first-order valence-corrected chi connectivity index (χ1v) is 3.66. The topological polar surface area (TPSA) is 82.8 Å². The lowest BCUT2D eigenvalue weighted by Crippen LogP contribution is -2.15. The molecule has 0 amide bonds. The first-order valence-electron chi connectivity index (χ1n) is 3.66. The van der Waals surface area contributed by atoms with Crippen LogP contribution in [-0.4, -0.2) is 14.9 Å². The minimum Gasteiger partial charge on any atom is -0.366 e. The Hall–Kier alpha value is -1.26. The van der Waals surface area contributed by atoms with E-state index in [0.717, 1.165) is 12.2 Å². The minimum absolute atomic E-state index is 0.291. The lowest BCUT2D eigenvalue weighted by Gasteiger charge is -1.97. The summed E-state index contributed by atoms with van der Waals surface area (Å²) >= 11 is 0. The highest BCUT2D eigenvalue weighted by Gasteiger charge is 2.38. The Kier molecular flexibility index (Phi) is 1.10. The summed E-state index contributed by atoms with van der Waals surface area (Å²) in [5.74, 6) is 7.84. The van der Waals surface area contributed by atoms with Crippen molar-refractivity contribution in [1.82, 2.24) is 14.9 Å². The molecule has 5 heteroatoms. The van der Waals surface area contributed by atoms with Gasteiger partial charge >= 0.3 is 0 Å². The van der Waals surface area contributed by atoms with Crippen LogP contribution in [0.4, 0.5) is 5.95 Å². The summed E-state index contributed by atoms with van der Waals surface area (Å²) in [6, 6.07) is 0. The lowest BCUT2D eigenvalue weighted by atomic mass is 10.3. The van der Waals surface area contributed by atoms with Crippen molar-refractivity contribution in [3.63, 3.8) is 0 Å². The second kappa shape index (κ2) is 1.87. The maximum atomic E-state index is 5.57. The lowest BCUT2D eigenvalue weighted by molar-refractivity contribution is 0.796. The van der Waals surface area contributed by atoms with Crippen LogP contribution in [0, 0.1) is 5.92 Å². The number of anilines is 1. The van der Waals surface area contributed by atoms with Gasteiger partial charge in [-0.1, -0.05) is 6.92 Å². The summed E-state index contributed by atoms with van der Waals surface area (Å²) in [4.78, 5) is 0. The Morgan fingerprint density at radius 2 is 2.18 bits per heavy atom. The molecule has 0 saturated heterocycles. The molecule has 60 valence electrons. The van der Waals surface area contributed by atoms with Crippen molar-refractivity contribution in [2.75, 3.05) is 11.6 Å². The Morgan fingerprint density at radius 1 is 1.55 bits per heavy atom. The SMILES string of the molecule is CC1CC1c1nnc(N)n1N. The number of nitrogens with zero attached hydrogens (tertiary/aromatic N) is 3. The highest BCUT2D eigenvalue weighted by atomic mass is 15.4. The molecule has 0 aromatic carbocycles. The summed E-state index contributed by atoms with van der Waals surface area (Å²) < 4.78 is 1.37. The highest BCUT2D eigenvalue weighted by Crippen LogP contribution is 2.45. The molecule has 5 nitrogen and oxygen atoms in total. The van der Waals surface area contributed by atoms with Gasteiger partial charge in [0.15, 0.2) is 5.82 Å². The Labute approximate surface area is 64.4 Å². The van der Waals surface area contributed by atoms with Crippen LogP contribution in [0.5, 0.6) is 0 Å². The molecule has 1 heterocycles. The molecule has 0 radical (unpaired) electrons. The van der Waals surface area contributed by atoms with Gasteiger partial charge in [0.05, 0.1) is 0 Å². The molecule has 1 fully saturated rings. The third kappa shape index (κ3) is 0.840. The molecule has 2 atom stereocenters. The van der Waals surface area contributed by atoms with Gasteiger partial charge in [-0.05, 0) is 12.3 Å². The number of aromatic nitrogens is 3. The molecular weight excluding hydrogens is 142 g/mol. The first-order chi connectivity index (χ1) is 5.20. The summed E-state index contributed by atoms with van der Waals surface area (Å²) in [7, 11) is 0. The Balaban J connectivity index is 2.31. The van der Waals surface area contributed by atoms with Crippen LogP contribution in [0.2, 0.25) is 0 Å². The maximum Gasteiger partial charge on any atom is 0.240 e. The molecule has 1 aliphatic rings.